The number of aliphatic carboxylic acids is 1. The van der Waals surface area contributed by atoms with E-state index in [4.69, 9.17) is 4.74 Å². The van der Waals surface area contributed by atoms with E-state index in [2.05, 4.69) is 5.32 Å². The standard InChI is InChI=1S/C19H21NO5S/c1-2-25-19(24)15-11-4-3-5-12(11)26-17(15)20-16(21)13-9-6-7-10(8-9)14(13)18(22)23/h6-7,9-10,13-14H,2-5,8H2,1H3,(H,20,21)(H,22,23)/t9-,10-,13-,14-/m0/s1. The highest BCUT2D eigenvalue weighted by atomic mass is 32.1. The second kappa shape index (κ2) is 6.54. The van der Waals surface area contributed by atoms with Gasteiger partial charge in [0.05, 0.1) is 24.0 Å². The average Bonchev–Trinajstić information content (AvgIpc) is 3.33. The van der Waals surface area contributed by atoms with E-state index in [9.17, 15) is 19.5 Å². The molecule has 2 bridgehead atoms. The summed E-state index contributed by atoms with van der Waals surface area (Å²) in [7, 11) is 0. The van der Waals surface area contributed by atoms with Gasteiger partial charge in [-0.2, -0.15) is 0 Å². The van der Waals surface area contributed by atoms with Crippen LogP contribution in [0, 0.1) is 23.7 Å². The fourth-order valence-electron chi connectivity index (χ4n) is 4.62. The molecule has 0 radical (unpaired) electrons. The summed E-state index contributed by atoms with van der Waals surface area (Å²) in [5.41, 5.74) is 1.44. The number of nitrogens with one attached hydrogen (secondary N) is 1. The number of aryl methyl sites for hydroxylation is 1. The van der Waals surface area contributed by atoms with Crippen LogP contribution in [-0.4, -0.2) is 29.6 Å². The fraction of sp³-hybridized carbons (Fsp3) is 0.526. The van der Waals surface area contributed by atoms with Crippen molar-refractivity contribution in [3.05, 3.63) is 28.2 Å². The third-order valence-corrected chi connectivity index (χ3v) is 6.89. The van der Waals surface area contributed by atoms with Gasteiger partial charge < -0.3 is 15.2 Å². The molecule has 4 atom stereocenters. The molecule has 0 aliphatic heterocycles. The molecule has 4 rings (SSSR count). The molecule has 1 aromatic heterocycles. The number of allylic oxidation sites excluding steroid dienone is 2. The van der Waals surface area contributed by atoms with Gasteiger partial charge in [-0.05, 0) is 50.0 Å². The van der Waals surface area contributed by atoms with Gasteiger partial charge in [0.2, 0.25) is 5.91 Å². The molecule has 0 spiro atoms. The van der Waals surface area contributed by atoms with Crippen LogP contribution in [0.4, 0.5) is 5.00 Å². The Balaban J connectivity index is 1.61. The highest BCUT2D eigenvalue weighted by Gasteiger charge is 2.51. The molecule has 0 saturated heterocycles. The van der Waals surface area contributed by atoms with E-state index in [0.717, 1.165) is 29.7 Å². The molecule has 0 unspecified atom stereocenters. The monoisotopic (exact) mass is 375 g/mol. The van der Waals surface area contributed by atoms with Crippen LogP contribution in [-0.2, 0) is 27.2 Å². The molecular formula is C19H21NO5S. The predicted octanol–water partition coefficient (Wildman–Crippen LogP) is 2.87. The fourth-order valence-corrected chi connectivity index (χ4v) is 5.90. The van der Waals surface area contributed by atoms with Gasteiger partial charge in [0, 0.05) is 4.88 Å². The first kappa shape index (κ1) is 17.3. The lowest BCUT2D eigenvalue weighted by Gasteiger charge is -2.23. The number of hydrogen-bond donors (Lipinski definition) is 2. The Morgan fingerprint density at radius 3 is 2.65 bits per heavy atom. The normalized spacial score (nSPS) is 28.2. The Morgan fingerprint density at radius 2 is 1.96 bits per heavy atom. The maximum atomic E-state index is 12.9. The minimum absolute atomic E-state index is 0.0426. The van der Waals surface area contributed by atoms with Gasteiger partial charge in [-0.15, -0.1) is 11.3 Å². The van der Waals surface area contributed by atoms with E-state index in [-0.39, 0.29) is 24.3 Å². The Morgan fingerprint density at radius 1 is 1.23 bits per heavy atom. The zero-order valence-corrected chi connectivity index (χ0v) is 15.3. The van der Waals surface area contributed by atoms with Gasteiger partial charge in [0.25, 0.3) is 0 Å². The van der Waals surface area contributed by atoms with Crippen molar-refractivity contribution in [2.24, 2.45) is 23.7 Å². The van der Waals surface area contributed by atoms with Crippen LogP contribution < -0.4 is 5.32 Å². The molecular weight excluding hydrogens is 354 g/mol. The predicted molar refractivity (Wildman–Crippen MR) is 96.3 cm³/mol. The zero-order valence-electron chi connectivity index (χ0n) is 14.5. The van der Waals surface area contributed by atoms with E-state index < -0.39 is 23.8 Å². The topological polar surface area (TPSA) is 92.7 Å². The third-order valence-electron chi connectivity index (χ3n) is 5.68. The lowest BCUT2D eigenvalue weighted by Crippen LogP contribution is -2.36. The smallest absolute Gasteiger partial charge is 0.341 e. The lowest BCUT2D eigenvalue weighted by atomic mass is 9.82. The molecule has 1 fully saturated rings. The van der Waals surface area contributed by atoms with Crippen molar-refractivity contribution >= 4 is 34.2 Å². The minimum Gasteiger partial charge on any atom is -0.481 e. The van der Waals surface area contributed by atoms with Crippen molar-refractivity contribution in [3.63, 3.8) is 0 Å². The highest BCUT2D eigenvalue weighted by molar-refractivity contribution is 7.17. The molecule has 3 aliphatic rings. The summed E-state index contributed by atoms with van der Waals surface area (Å²) in [5, 5.41) is 12.9. The van der Waals surface area contributed by atoms with Crippen molar-refractivity contribution in [1.29, 1.82) is 0 Å². The minimum atomic E-state index is -0.929. The van der Waals surface area contributed by atoms with Crippen LogP contribution in [0.5, 0.6) is 0 Å². The number of carboxylic acid groups (broad SMARTS) is 1. The van der Waals surface area contributed by atoms with E-state index in [1.807, 2.05) is 12.2 Å². The largest absolute Gasteiger partial charge is 0.481 e. The van der Waals surface area contributed by atoms with Crippen molar-refractivity contribution in [1.82, 2.24) is 0 Å². The molecule has 1 amide bonds. The maximum Gasteiger partial charge on any atom is 0.341 e. The van der Waals surface area contributed by atoms with Gasteiger partial charge >= 0.3 is 11.9 Å². The van der Waals surface area contributed by atoms with Crippen LogP contribution in [0.25, 0.3) is 0 Å². The summed E-state index contributed by atoms with van der Waals surface area (Å²) in [6.07, 6.45) is 7.29. The summed E-state index contributed by atoms with van der Waals surface area (Å²) in [6.45, 7) is 2.02. The van der Waals surface area contributed by atoms with Crippen molar-refractivity contribution in [2.75, 3.05) is 11.9 Å². The zero-order chi connectivity index (χ0) is 18.4. The van der Waals surface area contributed by atoms with Gasteiger partial charge in [-0.3, -0.25) is 9.59 Å². The molecule has 1 saturated carbocycles. The number of carbonyl (C=O) groups excluding carboxylic acids is 2. The first-order valence-electron chi connectivity index (χ1n) is 9.05. The number of esters is 1. The number of ether oxygens (including phenoxy) is 1. The molecule has 1 heterocycles. The third kappa shape index (κ3) is 2.65. The molecule has 1 aromatic rings. The molecule has 2 N–H and O–H groups in total. The van der Waals surface area contributed by atoms with Crippen LogP contribution in [0.1, 0.15) is 40.6 Å². The van der Waals surface area contributed by atoms with Crippen molar-refractivity contribution < 1.29 is 24.2 Å². The molecule has 138 valence electrons. The second-order valence-electron chi connectivity index (χ2n) is 7.11. The molecule has 6 nitrogen and oxygen atoms in total. The van der Waals surface area contributed by atoms with Crippen LogP contribution in [0.2, 0.25) is 0 Å². The molecule has 3 aliphatic carbocycles. The summed E-state index contributed by atoms with van der Waals surface area (Å²) in [6, 6.07) is 0. The number of carboxylic acids is 1. The van der Waals surface area contributed by atoms with Crippen molar-refractivity contribution in [2.45, 2.75) is 32.6 Å². The summed E-state index contributed by atoms with van der Waals surface area (Å²) in [5.74, 6) is -3.05. The van der Waals surface area contributed by atoms with Gasteiger partial charge in [-0.25, -0.2) is 4.79 Å². The van der Waals surface area contributed by atoms with Crippen molar-refractivity contribution in [3.8, 4) is 0 Å². The lowest BCUT2D eigenvalue weighted by molar-refractivity contribution is -0.146. The highest BCUT2D eigenvalue weighted by Crippen LogP contribution is 2.49. The first-order valence-corrected chi connectivity index (χ1v) is 9.86. The second-order valence-corrected chi connectivity index (χ2v) is 8.21. The Bertz CT molecular complexity index is 811. The van der Waals surface area contributed by atoms with Gasteiger partial charge in [-0.1, -0.05) is 12.2 Å². The average molecular weight is 375 g/mol. The van der Waals surface area contributed by atoms with Crippen LogP contribution in [0.15, 0.2) is 12.2 Å². The number of hydrogen-bond acceptors (Lipinski definition) is 5. The van der Waals surface area contributed by atoms with E-state index in [1.54, 1.807) is 6.92 Å². The number of rotatable bonds is 5. The first-order chi connectivity index (χ1) is 12.5. The number of fused-ring (bicyclic) bond motifs is 3. The maximum absolute atomic E-state index is 12.9. The van der Waals surface area contributed by atoms with Gasteiger partial charge in [0.1, 0.15) is 5.00 Å². The molecule has 26 heavy (non-hydrogen) atoms. The van der Waals surface area contributed by atoms with E-state index in [1.165, 1.54) is 11.3 Å². The van der Waals surface area contributed by atoms with Crippen LogP contribution in [0.3, 0.4) is 0 Å². The summed E-state index contributed by atoms with van der Waals surface area (Å²) < 4.78 is 5.18. The summed E-state index contributed by atoms with van der Waals surface area (Å²) in [4.78, 5) is 38.1. The Kier molecular flexibility index (Phi) is 4.34. The number of amides is 1. The quantitative estimate of drug-likeness (QED) is 0.610. The van der Waals surface area contributed by atoms with Crippen LogP contribution >= 0.6 is 11.3 Å². The Hall–Kier alpha value is -2.15. The SMILES string of the molecule is CCOC(=O)c1c(NC(=O)[C@@H]2[C@@H](C(=O)O)[C@H]3C=C[C@H]2C3)sc2c1CCC2. The van der Waals surface area contributed by atoms with E-state index >= 15 is 0 Å². The number of carbonyl (C=O) groups is 3. The van der Waals surface area contributed by atoms with E-state index in [0.29, 0.717) is 17.0 Å². The summed E-state index contributed by atoms with van der Waals surface area (Å²) >= 11 is 1.42. The molecule has 7 heteroatoms. The Labute approximate surface area is 155 Å². The number of anilines is 1. The number of thiophene rings is 1. The molecule has 0 aromatic carbocycles. The van der Waals surface area contributed by atoms with Gasteiger partial charge in [0.15, 0.2) is 0 Å².